The number of aryl methyl sites for hydroxylation is 3. The van der Waals surface area contributed by atoms with E-state index in [9.17, 15) is 9.90 Å². The van der Waals surface area contributed by atoms with E-state index in [1.54, 1.807) is 0 Å². The number of ether oxygens (including phenoxy) is 1. The van der Waals surface area contributed by atoms with E-state index in [0.29, 0.717) is 6.42 Å². The Morgan fingerprint density at radius 3 is 2.38 bits per heavy atom. The number of methoxy groups -OCH3 is 1. The monoisotopic (exact) mass is 222 g/mol. The van der Waals surface area contributed by atoms with E-state index >= 15 is 0 Å². The molecule has 0 aliphatic heterocycles. The molecule has 0 spiro atoms. The lowest BCUT2D eigenvalue weighted by Gasteiger charge is -2.12. The van der Waals surface area contributed by atoms with Gasteiger partial charge in [0.15, 0.2) is 6.10 Å². The van der Waals surface area contributed by atoms with E-state index in [-0.39, 0.29) is 0 Å². The van der Waals surface area contributed by atoms with Crippen LogP contribution in [-0.2, 0) is 16.0 Å². The van der Waals surface area contributed by atoms with E-state index in [1.807, 2.05) is 26.8 Å². The summed E-state index contributed by atoms with van der Waals surface area (Å²) >= 11 is 0. The zero-order valence-electron chi connectivity index (χ0n) is 10.2. The van der Waals surface area contributed by atoms with Crippen LogP contribution in [0.4, 0.5) is 0 Å². The van der Waals surface area contributed by atoms with Crippen molar-refractivity contribution >= 4 is 5.97 Å². The number of aliphatic hydroxyl groups is 1. The zero-order chi connectivity index (χ0) is 12.3. The predicted molar refractivity (Wildman–Crippen MR) is 62.4 cm³/mol. The van der Waals surface area contributed by atoms with Gasteiger partial charge < -0.3 is 9.84 Å². The minimum atomic E-state index is -1.08. The van der Waals surface area contributed by atoms with Crippen LogP contribution >= 0.6 is 0 Å². The Labute approximate surface area is 96.1 Å². The summed E-state index contributed by atoms with van der Waals surface area (Å²) in [5, 5.41) is 9.58. The third-order valence-electron chi connectivity index (χ3n) is 2.84. The van der Waals surface area contributed by atoms with Gasteiger partial charge in [0, 0.05) is 6.42 Å². The molecule has 3 heteroatoms. The number of esters is 1. The van der Waals surface area contributed by atoms with Crippen LogP contribution < -0.4 is 0 Å². The Hall–Kier alpha value is -1.35. The Kier molecular flexibility index (Phi) is 4.07. The van der Waals surface area contributed by atoms with Crippen LogP contribution in [0, 0.1) is 20.8 Å². The number of carbonyl (C=O) groups excluding carboxylic acids is 1. The molecule has 1 aromatic carbocycles. The van der Waals surface area contributed by atoms with Crippen LogP contribution in [0.2, 0.25) is 0 Å². The SMILES string of the molecule is COC(=O)C(O)Cc1cc(C)c(C)cc1C. The third-order valence-corrected chi connectivity index (χ3v) is 2.84. The first kappa shape index (κ1) is 12.7. The number of carbonyl (C=O) groups is 1. The van der Waals surface area contributed by atoms with Gasteiger partial charge in [0.05, 0.1) is 7.11 Å². The summed E-state index contributed by atoms with van der Waals surface area (Å²) in [6.45, 7) is 6.04. The first-order chi connectivity index (χ1) is 7.45. The van der Waals surface area contributed by atoms with Gasteiger partial charge in [-0.05, 0) is 43.0 Å². The summed E-state index contributed by atoms with van der Waals surface area (Å²) in [7, 11) is 1.28. The number of rotatable bonds is 3. The van der Waals surface area contributed by atoms with Crippen molar-refractivity contribution < 1.29 is 14.6 Å². The third kappa shape index (κ3) is 2.83. The quantitative estimate of drug-likeness (QED) is 0.792. The van der Waals surface area contributed by atoms with E-state index < -0.39 is 12.1 Å². The Bertz CT molecular complexity index is 396. The molecule has 0 aliphatic carbocycles. The highest BCUT2D eigenvalue weighted by Crippen LogP contribution is 2.17. The number of hydrogen-bond donors (Lipinski definition) is 1. The molecule has 0 bridgehead atoms. The van der Waals surface area contributed by atoms with Crippen LogP contribution in [0.15, 0.2) is 12.1 Å². The van der Waals surface area contributed by atoms with Crippen molar-refractivity contribution in [1.82, 2.24) is 0 Å². The molecule has 1 rings (SSSR count). The second-order valence-corrected chi connectivity index (χ2v) is 4.11. The molecule has 3 nitrogen and oxygen atoms in total. The predicted octanol–water partition coefficient (Wildman–Crippen LogP) is 1.69. The largest absolute Gasteiger partial charge is 0.467 e. The van der Waals surface area contributed by atoms with Gasteiger partial charge >= 0.3 is 5.97 Å². The first-order valence-corrected chi connectivity index (χ1v) is 5.28. The molecule has 1 atom stereocenters. The van der Waals surface area contributed by atoms with Crippen molar-refractivity contribution in [1.29, 1.82) is 0 Å². The molecule has 0 saturated heterocycles. The van der Waals surface area contributed by atoms with Gasteiger partial charge in [-0.3, -0.25) is 0 Å². The molecule has 0 aromatic heterocycles. The van der Waals surface area contributed by atoms with Gasteiger partial charge in [-0.1, -0.05) is 12.1 Å². The maximum atomic E-state index is 11.1. The Balaban J connectivity index is 2.89. The molecular formula is C13H18O3. The lowest BCUT2D eigenvalue weighted by molar-refractivity contribution is -0.150. The van der Waals surface area contributed by atoms with Crippen molar-refractivity contribution in [2.24, 2.45) is 0 Å². The van der Waals surface area contributed by atoms with Gasteiger partial charge in [0.1, 0.15) is 0 Å². The summed E-state index contributed by atoms with van der Waals surface area (Å²) in [5.74, 6) is -0.586. The highest BCUT2D eigenvalue weighted by Gasteiger charge is 2.17. The van der Waals surface area contributed by atoms with Crippen LogP contribution in [0.25, 0.3) is 0 Å². The Morgan fingerprint density at radius 2 is 1.81 bits per heavy atom. The van der Waals surface area contributed by atoms with Crippen molar-refractivity contribution in [3.05, 3.63) is 34.4 Å². The maximum Gasteiger partial charge on any atom is 0.335 e. The highest BCUT2D eigenvalue weighted by molar-refractivity contribution is 5.74. The fraction of sp³-hybridized carbons (Fsp3) is 0.462. The Morgan fingerprint density at radius 1 is 1.25 bits per heavy atom. The van der Waals surface area contributed by atoms with Crippen molar-refractivity contribution in [3.63, 3.8) is 0 Å². The number of aliphatic hydroxyl groups excluding tert-OH is 1. The van der Waals surface area contributed by atoms with Crippen molar-refractivity contribution in [2.75, 3.05) is 7.11 Å². The molecule has 0 saturated carbocycles. The van der Waals surface area contributed by atoms with Gasteiger partial charge in [-0.2, -0.15) is 0 Å². The number of hydrogen-bond acceptors (Lipinski definition) is 3. The topological polar surface area (TPSA) is 46.5 Å². The van der Waals surface area contributed by atoms with Crippen LogP contribution in [-0.4, -0.2) is 24.3 Å². The molecule has 16 heavy (non-hydrogen) atoms. The lowest BCUT2D eigenvalue weighted by Crippen LogP contribution is -2.24. The van der Waals surface area contributed by atoms with Crippen LogP contribution in [0.3, 0.4) is 0 Å². The number of benzene rings is 1. The summed E-state index contributed by atoms with van der Waals surface area (Å²) in [5.41, 5.74) is 4.46. The van der Waals surface area contributed by atoms with Gasteiger partial charge in [-0.15, -0.1) is 0 Å². The zero-order valence-corrected chi connectivity index (χ0v) is 10.2. The van der Waals surface area contributed by atoms with E-state index in [0.717, 1.165) is 16.7 Å². The average Bonchev–Trinajstić information content (AvgIpc) is 2.24. The minimum Gasteiger partial charge on any atom is -0.467 e. The molecule has 88 valence electrons. The second kappa shape index (κ2) is 5.12. The highest BCUT2D eigenvalue weighted by atomic mass is 16.5. The van der Waals surface area contributed by atoms with Gasteiger partial charge in [0.25, 0.3) is 0 Å². The smallest absolute Gasteiger partial charge is 0.335 e. The van der Waals surface area contributed by atoms with Crippen molar-refractivity contribution in [3.8, 4) is 0 Å². The molecule has 1 N–H and O–H groups in total. The molecular weight excluding hydrogens is 204 g/mol. The molecule has 1 aromatic rings. The summed E-state index contributed by atoms with van der Waals surface area (Å²) in [6.07, 6.45) is -0.773. The van der Waals surface area contributed by atoms with Gasteiger partial charge in [-0.25, -0.2) is 4.79 Å². The van der Waals surface area contributed by atoms with E-state index in [1.165, 1.54) is 12.7 Å². The molecule has 0 heterocycles. The minimum absolute atomic E-state index is 0.305. The maximum absolute atomic E-state index is 11.1. The molecule has 0 radical (unpaired) electrons. The lowest BCUT2D eigenvalue weighted by atomic mass is 9.97. The normalized spacial score (nSPS) is 12.3. The second-order valence-electron chi connectivity index (χ2n) is 4.11. The molecule has 0 aliphatic rings. The van der Waals surface area contributed by atoms with Crippen molar-refractivity contribution in [2.45, 2.75) is 33.3 Å². The van der Waals surface area contributed by atoms with E-state index in [4.69, 9.17) is 0 Å². The molecule has 0 fully saturated rings. The van der Waals surface area contributed by atoms with Crippen LogP contribution in [0.1, 0.15) is 22.3 Å². The fourth-order valence-corrected chi connectivity index (χ4v) is 1.67. The first-order valence-electron chi connectivity index (χ1n) is 5.28. The standard InChI is InChI=1S/C13H18O3/c1-8-5-10(3)11(6-9(8)2)7-12(14)13(15)16-4/h5-6,12,14H,7H2,1-4H3. The van der Waals surface area contributed by atoms with E-state index in [2.05, 4.69) is 10.8 Å². The summed E-state index contributed by atoms with van der Waals surface area (Å²) < 4.78 is 4.49. The van der Waals surface area contributed by atoms with Crippen LogP contribution in [0.5, 0.6) is 0 Å². The summed E-state index contributed by atoms with van der Waals surface area (Å²) in [6, 6.07) is 4.07. The van der Waals surface area contributed by atoms with Gasteiger partial charge in [0.2, 0.25) is 0 Å². The average molecular weight is 222 g/mol. The molecule has 1 unspecified atom stereocenters. The molecule has 0 amide bonds. The summed E-state index contributed by atoms with van der Waals surface area (Å²) in [4.78, 5) is 11.1. The fourth-order valence-electron chi connectivity index (χ4n) is 1.67.